The molecule has 1 unspecified atom stereocenters. The molecule has 7 heteroatoms. The highest BCUT2D eigenvalue weighted by atomic mass is 16.6. The lowest BCUT2D eigenvalue weighted by atomic mass is 10.2. The Hall–Kier alpha value is -2.15. The summed E-state index contributed by atoms with van der Waals surface area (Å²) >= 11 is 0. The molecule has 1 heterocycles. The summed E-state index contributed by atoms with van der Waals surface area (Å²) in [7, 11) is 0. The minimum atomic E-state index is -0.425. The molecule has 1 saturated heterocycles. The zero-order valence-corrected chi connectivity index (χ0v) is 11.8. The standard InChI is InChI=1S/C14H20N4O3/c19-14(17-12-7-9-15-10-12)2-1-8-16-11-3-5-13(6-4-11)18(20)21/h3-6,12,15-16H,1-2,7-10H2,(H,17,19). The highest BCUT2D eigenvalue weighted by Crippen LogP contribution is 2.15. The van der Waals surface area contributed by atoms with E-state index in [1.54, 1.807) is 12.1 Å². The molecular formula is C14H20N4O3. The van der Waals surface area contributed by atoms with E-state index in [-0.39, 0.29) is 17.6 Å². The number of anilines is 1. The lowest BCUT2D eigenvalue weighted by molar-refractivity contribution is -0.384. The van der Waals surface area contributed by atoms with Gasteiger partial charge in [0.15, 0.2) is 0 Å². The van der Waals surface area contributed by atoms with Gasteiger partial charge in [-0.1, -0.05) is 0 Å². The third-order valence-corrected chi connectivity index (χ3v) is 3.41. The average Bonchev–Trinajstić information content (AvgIpc) is 2.97. The maximum atomic E-state index is 11.7. The summed E-state index contributed by atoms with van der Waals surface area (Å²) in [5.74, 6) is 0.0780. The van der Waals surface area contributed by atoms with Crippen molar-refractivity contribution in [3.63, 3.8) is 0 Å². The highest BCUT2D eigenvalue weighted by molar-refractivity contribution is 5.76. The van der Waals surface area contributed by atoms with Crippen molar-refractivity contribution >= 4 is 17.3 Å². The van der Waals surface area contributed by atoms with E-state index in [2.05, 4.69) is 16.0 Å². The van der Waals surface area contributed by atoms with Gasteiger partial charge in [0.1, 0.15) is 0 Å². The van der Waals surface area contributed by atoms with Gasteiger partial charge in [0.2, 0.25) is 5.91 Å². The van der Waals surface area contributed by atoms with Gasteiger partial charge in [-0.15, -0.1) is 0 Å². The van der Waals surface area contributed by atoms with E-state index in [4.69, 9.17) is 0 Å². The summed E-state index contributed by atoms with van der Waals surface area (Å²) in [4.78, 5) is 21.8. The Balaban J connectivity index is 1.62. The largest absolute Gasteiger partial charge is 0.385 e. The molecule has 1 fully saturated rings. The molecule has 0 aliphatic carbocycles. The molecule has 21 heavy (non-hydrogen) atoms. The second-order valence-electron chi connectivity index (χ2n) is 5.09. The van der Waals surface area contributed by atoms with Crippen LogP contribution in [0.5, 0.6) is 0 Å². The molecule has 1 atom stereocenters. The van der Waals surface area contributed by atoms with E-state index in [9.17, 15) is 14.9 Å². The first-order valence-corrected chi connectivity index (χ1v) is 7.13. The van der Waals surface area contributed by atoms with Gasteiger partial charge in [0.05, 0.1) is 4.92 Å². The van der Waals surface area contributed by atoms with Crippen LogP contribution in [0.3, 0.4) is 0 Å². The Morgan fingerprint density at radius 2 is 2.14 bits per heavy atom. The number of hydrogen-bond acceptors (Lipinski definition) is 5. The fourth-order valence-corrected chi connectivity index (χ4v) is 2.26. The molecule has 0 aromatic heterocycles. The summed E-state index contributed by atoms with van der Waals surface area (Å²) in [6, 6.07) is 6.52. The zero-order valence-electron chi connectivity index (χ0n) is 11.8. The minimum absolute atomic E-state index is 0.0742. The smallest absolute Gasteiger partial charge is 0.269 e. The molecule has 1 aromatic carbocycles. The monoisotopic (exact) mass is 292 g/mol. The van der Waals surface area contributed by atoms with Gasteiger partial charge < -0.3 is 16.0 Å². The van der Waals surface area contributed by atoms with E-state index < -0.39 is 4.92 Å². The van der Waals surface area contributed by atoms with Crippen LogP contribution in [0.2, 0.25) is 0 Å². The van der Waals surface area contributed by atoms with Gasteiger partial charge in [0.25, 0.3) is 5.69 Å². The van der Waals surface area contributed by atoms with Crippen LogP contribution in [0, 0.1) is 10.1 Å². The van der Waals surface area contributed by atoms with Crippen molar-refractivity contribution in [2.45, 2.75) is 25.3 Å². The predicted octanol–water partition coefficient (Wildman–Crippen LogP) is 1.26. The summed E-state index contributed by atoms with van der Waals surface area (Å²) < 4.78 is 0. The van der Waals surface area contributed by atoms with E-state index in [0.29, 0.717) is 13.0 Å². The molecule has 7 nitrogen and oxygen atoms in total. The summed E-state index contributed by atoms with van der Waals surface area (Å²) in [6.45, 7) is 2.48. The fourth-order valence-electron chi connectivity index (χ4n) is 2.26. The van der Waals surface area contributed by atoms with Crippen molar-refractivity contribution in [3.8, 4) is 0 Å². The van der Waals surface area contributed by atoms with Gasteiger partial charge in [-0.3, -0.25) is 14.9 Å². The lowest BCUT2D eigenvalue weighted by Gasteiger charge is -2.11. The first kappa shape index (κ1) is 15.2. The van der Waals surface area contributed by atoms with E-state index >= 15 is 0 Å². The molecule has 1 aliphatic heterocycles. The topological polar surface area (TPSA) is 96.3 Å². The molecule has 1 aliphatic rings. The highest BCUT2D eigenvalue weighted by Gasteiger charge is 2.15. The van der Waals surface area contributed by atoms with E-state index in [1.807, 2.05) is 0 Å². The Morgan fingerprint density at radius 3 is 2.76 bits per heavy atom. The van der Waals surface area contributed by atoms with Crippen molar-refractivity contribution < 1.29 is 9.72 Å². The Kier molecular flexibility index (Phi) is 5.51. The van der Waals surface area contributed by atoms with Crippen LogP contribution >= 0.6 is 0 Å². The first-order chi connectivity index (χ1) is 10.1. The van der Waals surface area contributed by atoms with Gasteiger partial charge in [0, 0.05) is 43.4 Å². The van der Waals surface area contributed by atoms with Gasteiger partial charge in [-0.25, -0.2) is 0 Å². The lowest BCUT2D eigenvalue weighted by Crippen LogP contribution is -2.36. The average molecular weight is 292 g/mol. The molecule has 1 amide bonds. The summed E-state index contributed by atoms with van der Waals surface area (Å²) in [5, 5.41) is 19.9. The fraction of sp³-hybridized carbons (Fsp3) is 0.500. The van der Waals surface area contributed by atoms with Crippen molar-refractivity contribution in [1.82, 2.24) is 10.6 Å². The minimum Gasteiger partial charge on any atom is -0.385 e. The van der Waals surface area contributed by atoms with Crippen LogP contribution in [0.1, 0.15) is 19.3 Å². The third-order valence-electron chi connectivity index (χ3n) is 3.41. The molecule has 1 aromatic rings. The maximum absolute atomic E-state index is 11.7. The molecule has 0 bridgehead atoms. The van der Waals surface area contributed by atoms with Crippen molar-refractivity contribution in [2.24, 2.45) is 0 Å². The number of nitrogens with zero attached hydrogens (tertiary/aromatic N) is 1. The van der Waals surface area contributed by atoms with Gasteiger partial charge in [-0.05, 0) is 31.5 Å². The Morgan fingerprint density at radius 1 is 1.38 bits per heavy atom. The SMILES string of the molecule is O=C(CCCNc1ccc([N+](=O)[O-])cc1)NC1CCNC1. The molecule has 0 radical (unpaired) electrons. The van der Waals surface area contributed by atoms with Crippen LogP contribution < -0.4 is 16.0 Å². The number of hydrogen-bond donors (Lipinski definition) is 3. The van der Waals surface area contributed by atoms with E-state index in [1.165, 1.54) is 12.1 Å². The Labute approximate surface area is 123 Å². The number of nitro benzene ring substituents is 1. The summed E-state index contributed by atoms with van der Waals surface area (Å²) in [5.41, 5.74) is 0.895. The number of benzene rings is 1. The molecule has 0 spiro atoms. The van der Waals surface area contributed by atoms with Crippen LogP contribution in [0.4, 0.5) is 11.4 Å². The first-order valence-electron chi connectivity index (χ1n) is 7.13. The number of carbonyl (C=O) groups is 1. The van der Waals surface area contributed by atoms with Crippen molar-refractivity contribution in [1.29, 1.82) is 0 Å². The van der Waals surface area contributed by atoms with Crippen LogP contribution in [-0.2, 0) is 4.79 Å². The Bertz CT molecular complexity index is 483. The normalized spacial score (nSPS) is 17.4. The van der Waals surface area contributed by atoms with Crippen LogP contribution in [0.25, 0.3) is 0 Å². The zero-order chi connectivity index (χ0) is 15.1. The van der Waals surface area contributed by atoms with Crippen molar-refractivity contribution in [2.75, 3.05) is 25.0 Å². The molecule has 3 N–H and O–H groups in total. The van der Waals surface area contributed by atoms with E-state index in [0.717, 1.165) is 31.6 Å². The quantitative estimate of drug-likeness (QED) is 0.399. The number of non-ortho nitro benzene ring substituents is 1. The molecule has 2 rings (SSSR count). The number of rotatable bonds is 7. The molecular weight excluding hydrogens is 272 g/mol. The second-order valence-corrected chi connectivity index (χ2v) is 5.09. The number of amides is 1. The second kappa shape index (κ2) is 7.58. The summed E-state index contributed by atoms with van der Waals surface area (Å²) in [6.07, 6.45) is 2.20. The number of nitro groups is 1. The van der Waals surface area contributed by atoms with Crippen LogP contribution in [0.15, 0.2) is 24.3 Å². The van der Waals surface area contributed by atoms with Crippen molar-refractivity contribution in [3.05, 3.63) is 34.4 Å². The third kappa shape index (κ3) is 5.03. The van der Waals surface area contributed by atoms with Crippen LogP contribution in [-0.4, -0.2) is 36.5 Å². The molecule has 114 valence electrons. The predicted molar refractivity (Wildman–Crippen MR) is 80.2 cm³/mol. The molecule has 0 saturated carbocycles. The number of nitrogens with one attached hydrogen (secondary N) is 3. The van der Waals surface area contributed by atoms with Gasteiger partial charge in [-0.2, -0.15) is 0 Å². The number of carbonyl (C=O) groups excluding carboxylic acids is 1. The maximum Gasteiger partial charge on any atom is 0.269 e. The van der Waals surface area contributed by atoms with Gasteiger partial charge >= 0.3 is 0 Å².